The van der Waals surface area contributed by atoms with Gasteiger partial charge in [0.1, 0.15) is 5.82 Å². The fraction of sp³-hybridized carbons (Fsp3) is 0.263. The van der Waals surface area contributed by atoms with Gasteiger partial charge in [0.2, 0.25) is 5.95 Å². The van der Waals surface area contributed by atoms with Crippen LogP contribution in [-0.4, -0.2) is 20.9 Å². The predicted molar refractivity (Wildman–Crippen MR) is 102 cm³/mol. The van der Waals surface area contributed by atoms with Crippen molar-refractivity contribution in [3.8, 4) is 11.3 Å². The lowest BCUT2D eigenvalue weighted by Crippen LogP contribution is -2.13. The molecule has 0 aliphatic heterocycles. The minimum Gasteiger partial charge on any atom is -0.368 e. The van der Waals surface area contributed by atoms with Crippen molar-refractivity contribution in [2.75, 3.05) is 5.73 Å². The fourth-order valence-electron chi connectivity index (χ4n) is 3.46. The summed E-state index contributed by atoms with van der Waals surface area (Å²) in [6, 6.07) is 3.03. The molecule has 0 fully saturated rings. The molecule has 4 rings (SSSR count). The third-order valence-electron chi connectivity index (χ3n) is 4.74. The average Bonchev–Trinajstić information content (AvgIpc) is 3.02. The van der Waals surface area contributed by atoms with E-state index >= 15 is 0 Å². The number of carbonyl (C=O) groups excluding carboxylic acids is 1. The van der Waals surface area contributed by atoms with Gasteiger partial charge >= 0.3 is 0 Å². The summed E-state index contributed by atoms with van der Waals surface area (Å²) >= 11 is 1.44. The van der Waals surface area contributed by atoms with Crippen LogP contribution in [0.1, 0.15) is 44.2 Å². The van der Waals surface area contributed by atoms with Gasteiger partial charge in [0, 0.05) is 29.3 Å². The van der Waals surface area contributed by atoms with Crippen molar-refractivity contribution in [1.29, 1.82) is 0 Å². The minimum atomic E-state index is -0.460. The first-order chi connectivity index (χ1) is 13.0. The van der Waals surface area contributed by atoms with E-state index in [1.165, 1.54) is 28.5 Å². The Morgan fingerprint density at radius 2 is 2.07 bits per heavy atom. The molecule has 0 unspecified atom stereocenters. The highest BCUT2D eigenvalue weighted by atomic mass is 32.1. The molecule has 3 heterocycles. The molecule has 27 heavy (non-hydrogen) atoms. The van der Waals surface area contributed by atoms with Crippen LogP contribution >= 0.6 is 11.3 Å². The monoisotopic (exact) mass is 383 g/mol. The predicted octanol–water partition coefficient (Wildman–Crippen LogP) is 2.89. The van der Waals surface area contributed by atoms with Crippen molar-refractivity contribution in [3.05, 3.63) is 56.9 Å². The summed E-state index contributed by atoms with van der Waals surface area (Å²) in [5, 5.41) is 0. The van der Waals surface area contributed by atoms with Gasteiger partial charge in [-0.05, 0) is 48.9 Å². The third-order valence-corrected chi connectivity index (χ3v) is 6.08. The van der Waals surface area contributed by atoms with Gasteiger partial charge < -0.3 is 11.5 Å². The van der Waals surface area contributed by atoms with E-state index in [1.807, 2.05) is 0 Å². The Labute approximate surface area is 159 Å². The quantitative estimate of drug-likeness (QED) is 0.720. The van der Waals surface area contributed by atoms with Crippen LogP contribution in [0.2, 0.25) is 0 Å². The Morgan fingerprint density at radius 1 is 1.26 bits per heavy atom. The number of pyridine rings is 1. The summed E-state index contributed by atoms with van der Waals surface area (Å²) in [5.41, 5.74) is 14.4. The summed E-state index contributed by atoms with van der Waals surface area (Å²) in [4.78, 5) is 25.8. The molecule has 1 amide bonds. The normalized spacial score (nSPS) is 13.4. The first kappa shape index (κ1) is 17.5. The lowest BCUT2D eigenvalue weighted by molar-refractivity contribution is 0.100. The van der Waals surface area contributed by atoms with Crippen LogP contribution in [0.4, 0.5) is 10.3 Å². The molecule has 4 N–H and O–H groups in total. The zero-order chi connectivity index (χ0) is 19.0. The van der Waals surface area contributed by atoms with Gasteiger partial charge in [-0.15, -0.1) is 11.3 Å². The van der Waals surface area contributed by atoms with Gasteiger partial charge in [0.25, 0.3) is 5.91 Å². The molecule has 1 aliphatic carbocycles. The SMILES string of the molecule is NC(=O)c1sc2c(c1Cc1ncc(-c3ccnc(N)n3)cc1F)CCCC2. The number of aromatic nitrogens is 3. The lowest BCUT2D eigenvalue weighted by Gasteiger charge is -2.13. The van der Waals surface area contributed by atoms with Crippen molar-refractivity contribution in [1.82, 2.24) is 15.0 Å². The number of anilines is 1. The van der Waals surface area contributed by atoms with E-state index in [9.17, 15) is 9.18 Å². The minimum absolute atomic E-state index is 0.119. The van der Waals surface area contributed by atoms with Crippen LogP contribution in [0.25, 0.3) is 11.3 Å². The second-order valence-corrected chi connectivity index (χ2v) is 7.62. The number of primary amides is 1. The highest BCUT2D eigenvalue weighted by Gasteiger charge is 2.24. The van der Waals surface area contributed by atoms with Gasteiger partial charge in [-0.25, -0.2) is 14.4 Å². The van der Waals surface area contributed by atoms with Crippen LogP contribution in [-0.2, 0) is 19.3 Å². The third kappa shape index (κ3) is 3.40. The summed E-state index contributed by atoms with van der Waals surface area (Å²) < 4.78 is 14.7. The maximum absolute atomic E-state index is 14.7. The summed E-state index contributed by atoms with van der Waals surface area (Å²) in [7, 11) is 0. The molecule has 0 saturated heterocycles. The molecule has 0 aromatic carbocycles. The molecule has 3 aromatic heterocycles. The average molecular weight is 383 g/mol. The zero-order valence-corrected chi connectivity index (χ0v) is 15.4. The van der Waals surface area contributed by atoms with Crippen LogP contribution in [0.15, 0.2) is 24.5 Å². The van der Waals surface area contributed by atoms with E-state index in [-0.39, 0.29) is 18.1 Å². The molecule has 3 aromatic rings. The number of nitrogens with two attached hydrogens (primary N) is 2. The maximum Gasteiger partial charge on any atom is 0.259 e. The maximum atomic E-state index is 14.7. The first-order valence-corrected chi connectivity index (χ1v) is 9.51. The molecule has 0 radical (unpaired) electrons. The van der Waals surface area contributed by atoms with Crippen molar-refractivity contribution >= 4 is 23.2 Å². The largest absolute Gasteiger partial charge is 0.368 e. The summed E-state index contributed by atoms with van der Waals surface area (Å²) in [6.45, 7) is 0. The number of rotatable bonds is 4. The topological polar surface area (TPSA) is 108 Å². The number of nitrogens with zero attached hydrogens (tertiary/aromatic N) is 3. The van der Waals surface area contributed by atoms with Gasteiger partial charge in [-0.1, -0.05) is 0 Å². The number of fused-ring (bicyclic) bond motifs is 1. The van der Waals surface area contributed by atoms with E-state index in [2.05, 4.69) is 15.0 Å². The standard InChI is InChI=1S/C19H18FN5OS/c20-13-7-10(14-5-6-23-19(22)25-14)9-24-15(13)8-12-11-3-1-2-4-16(11)27-17(12)18(21)26/h5-7,9H,1-4,8H2,(H2,21,26)(H2,22,23,25). The first-order valence-electron chi connectivity index (χ1n) is 8.69. The van der Waals surface area contributed by atoms with Crippen molar-refractivity contribution in [2.24, 2.45) is 5.73 Å². The van der Waals surface area contributed by atoms with Gasteiger partial charge in [-0.2, -0.15) is 0 Å². The smallest absolute Gasteiger partial charge is 0.259 e. The second-order valence-electron chi connectivity index (χ2n) is 6.51. The lowest BCUT2D eigenvalue weighted by atomic mass is 9.92. The number of halogens is 1. The highest BCUT2D eigenvalue weighted by molar-refractivity contribution is 7.14. The Kier molecular flexibility index (Phi) is 4.57. The van der Waals surface area contributed by atoms with E-state index < -0.39 is 11.7 Å². The molecular weight excluding hydrogens is 365 g/mol. The number of thiophene rings is 1. The molecule has 138 valence electrons. The molecule has 6 nitrogen and oxygen atoms in total. The molecule has 1 aliphatic rings. The summed E-state index contributed by atoms with van der Waals surface area (Å²) in [5.74, 6) is -0.790. The molecule has 0 saturated carbocycles. The van der Waals surface area contributed by atoms with Crippen LogP contribution in [0, 0.1) is 5.82 Å². The van der Waals surface area contributed by atoms with Crippen molar-refractivity contribution in [2.45, 2.75) is 32.1 Å². The van der Waals surface area contributed by atoms with E-state index in [0.717, 1.165) is 36.8 Å². The Morgan fingerprint density at radius 3 is 2.81 bits per heavy atom. The number of nitrogen functional groups attached to an aromatic ring is 1. The number of hydrogen-bond donors (Lipinski definition) is 2. The van der Waals surface area contributed by atoms with Crippen LogP contribution in [0.5, 0.6) is 0 Å². The van der Waals surface area contributed by atoms with E-state index in [1.54, 1.807) is 12.3 Å². The molecule has 8 heteroatoms. The van der Waals surface area contributed by atoms with Gasteiger partial charge in [0.15, 0.2) is 0 Å². The van der Waals surface area contributed by atoms with Crippen LogP contribution < -0.4 is 11.5 Å². The fourth-order valence-corrected chi connectivity index (χ4v) is 4.72. The second kappa shape index (κ2) is 7.03. The molecular formula is C19H18FN5OS. The van der Waals surface area contributed by atoms with Crippen LogP contribution in [0.3, 0.4) is 0 Å². The van der Waals surface area contributed by atoms with Crippen molar-refractivity contribution < 1.29 is 9.18 Å². The Balaban J connectivity index is 1.70. The number of hydrogen-bond acceptors (Lipinski definition) is 6. The molecule has 0 atom stereocenters. The Hall–Kier alpha value is -2.87. The van der Waals surface area contributed by atoms with Gasteiger partial charge in [0.05, 0.1) is 16.3 Å². The molecule has 0 spiro atoms. The highest BCUT2D eigenvalue weighted by Crippen LogP contribution is 2.35. The van der Waals surface area contributed by atoms with Crippen molar-refractivity contribution in [3.63, 3.8) is 0 Å². The number of carbonyl (C=O) groups is 1. The van der Waals surface area contributed by atoms with E-state index in [4.69, 9.17) is 11.5 Å². The van der Waals surface area contributed by atoms with Gasteiger partial charge in [-0.3, -0.25) is 9.78 Å². The zero-order valence-electron chi connectivity index (χ0n) is 14.5. The number of amides is 1. The number of aryl methyl sites for hydroxylation is 1. The summed E-state index contributed by atoms with van der Waals surface area (Å²) in [6.07, 6.45) is 7.34. The Bertz CT molecular complexity index is 1030. The van der Waals surface area contributed by atoms with E-state index in [0.29, 0.717) is 16.1 Å². The molecule has 0 bridgehead atoms.